The number of rotatable bonds is 14. The molecule has 0 radical (unpaired) electrons. The monoisotopic (exact) mass is 424 g/mol. The molecule has 1 aromatic carbocycles. The highest BCUT2D eigenvalue weighted by molar-refractivity contribution is 8.77. The van der Waals surface area contributed by atoms with Gasteiger partial charge in [0.15, 0.2) is 0 Å². The van der Waals surface area contributed by atoms with Crippen LogP contribution in [-0.2, 0) is 25.5 Å². The van der Waals surface area contributed by atoms with Gasteiger partial charge in [-0.05, 0) is 50.5 Å². The second-order valence-corrected chi connectivity index (χ2v) is 9.85. The summed E-state index contributed by atoms with van der Waals surface area (Å²) in [4.78, 5) is 23.4. The third-order valence-electron chi connectivity index (χ3n) is 4.64. The van der Waals surface area contributed by atoms with Gasteiger partial charge in [-0.1, -0.05) is 58.3 Å². The molecule has 0 aliphatic carbocycles. The fourth-order valence-electron chi connectivity index (χ4n) is 3.01. The summed E-state index contributed by atoms with van der Waals surface area (Å²) in [6.45, 7) is 0.818. The third-order valence-corrected chi connectivity index (χ3v) is 7.65. The molecular formula is C22H32O4S2. The lowest BCUT2D eigenvalue weighted by molar-refractivity contribution is -0.146. The average molecular weight is 425 g/mol. The molecule has 0 N–H and O–H groups in total. The summed E-state index contributed by atoms with van der Waals surface area (Å²) in [5.41, 5.74) is 1.24. The smallest absolute Gasteiger partial charge is 0.305 e. The number of aryl methyl sites for hydroxylation is 1. The van der Waals surface area contributed by atoms with Gasteiger partial charge in [0.2, 0.25) is 0 Å². The number of carbonyl (C=O) groups is 2. The molecule has 0 saturated carbocycles. The van der Waals surface area contributed by atoms with Gasteiger partial charge in [-0.15, -0.1) is 0 Å². The van der Waals surface area contributed by atoms with E-state index in [1.807, 2.05) is 39.8 Å². The molecule has 1 aromatic rings. The molecule has 0 amide bonds. The van der Waals surface area contributed by atoms with E-state index in [0.717, 1.165) is 43.8 Å². The Hall–Kier alpha value is -1.14. The first-order chi connectivity index (χ1) is 13.7. The minimum atomic E-state index is -0.147. The van der Waals surface area contributed by atoms with Crippen molar-refractivity contribution in [2.45, 2.75) is 69.5 Å². The van der Waals surface area contributed by atoms with E-state index < -0.39 is 0 Å². The van der Waals surface area contributed by atoms with Crippen LogP contribution in [0.25, 0.3) is 0 Å². The Morgan fingerprint density at radius 1 is 0.893 bits per heavy atom. The first kappa shape index (κ1) is 23.1. The van der Waals surface area contributed by atoms with Crippen LogP contribution < -0.4 is 0 Å². The summed E-state index contributed by atoms with van der Waals surface area (Å²) in [5, 5.41) is 0.780. The summed E-state index contributed by atoms with van der Waals surface area (Å²) in [6, 6.07) is 10.1. The molecule has 156 valence electrons. The van der Waals surface area contributed by atoms with Crippen LogP contribution in [0.3, 0.4) is 0 Å². The summed E-state index contributed by atoms with van der Waals surface area (Å²) < 4.78 is 10.5. The van der Waals surface area contributed by atoms with E-state index in [0.29, 0.717) is 26.1 Å². The Labute approximate surface area is 176 Å². The van der Waals surface area contributed by atoms with E-state index in [1.54, 1.807) is 0 Å². The van der Waals surface area contributed by atoms with E-state index in [4.69, 9.17) is 9.47 Å². The standard InChI is InChI=1S/C22H32O4S2/c23-21(13-5-4-12-20-15-18-27-28-20)25-16-6-7-17-26-22(24)14-8-11-19-9-2-1-3-10-19/h1-3,9-10,20H,4-8,11-18H2. The number of esters is 2. The van der Waals surface area contributed by atoms with Gasteiger partial charge in [-0.25, -0.2) is 0 Å². The first-order valence-corrected chi connectivity index (χ1v) is 12.8. The number of hydrogen-bond donors (Lipinski definition) is 0. The molecule has 1 aliphatic rings. The highest BCUT2D eigenvalue weighted by Gasteiger charge is 2.15. The predicted molar refractivity (Wildman–Crippen MR) is 117 cm³/mol. The number of hydrogen-bond acceptors (Lipinski definition) is 6. The minimum absolute atomic E-state index is 0.105. The highest BCUT2D eigenvalue weighted by atomic mass is 33.1. The van der Waals surface area contributed by atoms with Crippen molar-refractivity contribution in [3.8, 4) is 0 Å². The molecule has 1 saturated heterocycles. The Morgan fingerprint density at radius 3 is 2.21 bits per heavy atom. The highest BCUT2D eigenvalue weighted by Crippen LogP contribution is 2.39. The maximum atomic E-state index is 11.7. The van der Waals surface area contributed by atoms with E-state index in [1.165, 1.54) is 24.2 Å². The summed E-state index contributed by atoms with van der Waals surface area (Å²) in [5.74, 6) is 1.01. The maximum Gasteiger partial charge on any atom is 0.305 e. The van der Waals surface area contributed by atoms with Gasteiger partial charge < -0.3 is 9.47 Å². The van der Waals surface area contributed by atoms with Crippen LogP contribution in [0.1, 0.15) is 63.4 Å². The molecule has 1 fully saturated rings. The maximum absolute atomic E-state index is 11.7. The Bertz CT molecular complexity index is 559. The lowest BCUT2D eigenvalue weighted by atomic mass is 10.1. The van der Waals surface area contributed by atoms with Crippen LogP contribution in [0.5, 0.6) is 0 Å². The molecule has 0 aromatic heterocycles. The molecule has 1 heterocycles. The van der Waals surface area contributed by atoms with E-state index in [2.05, 4.69) is 12.1 Å². The quantitative estimate of drug-likeness (QED) is 0.220. The number of unbranched alkanes of at least 4 members (excludes halogenated alkanes) is 2. The van der Waals surface area contributed by atoms with Crippen molar-refractivity contribution in [1.29, 1.82) is 0 Å². The summed E-state index contributed by atoms with van der Waals surface area (Å²) in [6.07, 6.45) is 8.66. The molecule has 1 unspecified atom stereocenters. The van der Waals surface area contributed by atoms with Gasteiger partial charge in [0.25, 0.3) is 0 Å². The second-order valence-electron chi connectivity index (χ2n) is 7.06. The average Bonchev–Trinajstić information content (AvgIpc) is 3.22. The Kier molecular flexibility index (Phi) is 12.2. The molecule has 1 aliphatic heterocycles. The van der Waals surface area contributed by atoms with Gasteiger partial charge in [-0.2, -0.15) is 0 Å². The molecule has 2 rings (SSSR count). The van der Waals surface area contributed by atoms with E-state index in [-0.39, 0.29) is 11.9 Å². The SMILES string of the molecule is O=C(CCCCC1CCSS1)OCCCCOC(=O)CCCc1ccccc1. The van der Waals surface area contributed by atoms with Crippen LogP contribution in [0.2, 0.25) is 0 Å². The van der Waals surface area contributed by atoms with Crippen molar-refractivity contribution < 1.29 is 19.1 Å². The van der Waals surface area contributed by atoms with Crippen molar-refractivity contribution in [2.75, 3.05) is 19.0 Å². The molecule has 1 atom stereocenters. The second kappa shape index (κ2) is 14.8. The molecule has 0 spiro atoms. The van der Waals surface area contributed by atoms with Gasteiger partial charge in [-0.3, -0.25) is 9.59 Å². The zero-order valence-corrected chi connectivity index (χ0v) is 18.2. The topological polar surface area (TPSA) is 52.6 Å². The number of ether oxygens (including phenoxy) is 2. The largest absolute Gasteiger partial charge is 0.466 e. The third kappa shape index (κ3) is 11.0. The number of benzene rings is 1. The van der Waals surface area contributed by atoms with Crippen LogP contribution >= 0.6 is 21.6 Å². The van der Waals surface area contributed by atoms with Gasteiger partial charge in [0, 0.05) is 23.8 Å². The zero-order valence-electron chi connectivity index (χ0n) is 16.6. The zero-order chi connectivity index (χ0) is 19.9. The van der Waals surface area contributed by atoms with E-state index >= 15 is 0 Å². The van der Waals surface area contributed by atoms with Crippen LogP contribution in [0.4, 0.5) is 0 Å². The molecule has 0 bridgehead atoms. The van der Waals surface area contributed by atoms with Crippen LogP contribution in [-0.4, -0.2) is 36.2 Å². The predicted octanol–water partition coefficient (Wildman–Crippen LogP) is 5.59. The lowest BCUT2D eigenvalue weighted by Gasteiger charge is -2.08. The van der Waals surface area contributed by atoms with E-state index in [9.17, 15) is 9.59 Å². The Morgan fingerprint density at radius 2 is 1.57 bits per heavy atom. The molecular weight excluding hydrogens is 392 g/mol. The molecule has 4 nitrogen and oxygen atoms in total. The van der Waals surface area contributed by atoms with Crippen molar-refractivity contribution in [1.82, 2.24) is 0 Å². The molecule has 6 heteroatoms. The van der Waals surface area contributed by atoms with Crippen molar-refractivity contribution in [2.24, 2.45) is 0 Å². The lowest BCUT2D eigenvalue weighted by Crippen LogP contribution is -2.09. The van der Waals surface area contributed by atoms with Crippen molar-refractivity contribution >= 4 is 33.5 Å². The Balaban J connectivity index is 1.35. The minimum Gasteiger partial charge on any atom is -0.466 e. The molecule has 28 heavy (non-hydrogen) atoms. The van der Waals surface area contributed by atoms with Crippen LogP contribution in [0, 0.1) is 0 Å². The fraction of sp³-hybridized carbons (Fsp3) is 0.636. The fourth-order valence-corrected chi connectivity index (χ4v) is 6.04. The summed E-state index contributed by atoms with van der Waals surface area (Å²) >= 11 is 0. The first-order valence-electron chi connectivity index (χ1n) is 10.4. The van der Waals surface area contributed by atoms with Gasteiger partial charge in [0.1, 0.15) is 0 Å². The van der Waals surface area contributed by atoms with Crippen molar-refractivity contribution in [3.05, 3.63) is 35.9 Å². The van der Waals surface area contributed by atoms with Gasteiger partial charge in [0.05, 0.1) is 13.2 Å². The number of carbonyl (C=O) groups excluding carboxylic acids is 2. The normalized spacial score (nSPS) is 16.1. The van der Waals surface area contributed by atoms with Gasteiger partial charge >= 0.3 is 11.9 Å². The van der Waals surface area contributed by atoms with Crippen molar-refractivity contribution in [3.63, 3.8) is 0 Å². The summed E-state index contributed by atoms with van der Waals surface area (Å²) in [7, 11) is 3.95. The van der Waals surface area contributed by atoms with Crippen LogP contribution in [0.15, 0.2) is 30.3 Å².